The number of carbonyl (C=O) groups excluding carboxylic acids is 1. The van der Waals surface area contributed by atoms with Crippen LogP contribution in [0.15, 0.2) is 18.2 Å². The highest BCUT2D eigenvalue weighted by Crippen LogP contribution is 2.29. The van der Waals surface area contributed by atoms with Gasteiger partial charge in [0.25, 0.3) is 5.91 Å². The highest BCUT2D eigenvalue weighted by atomic mass is 32.2. The highest BCUT2D eigenvalue weighted by molar-refractivity contribution is 8.00. The fraction of sp³-hybridized carbons (Fsp3) is 0.364. The predicted molar refractivity (Wildman–Crippen MR) is 66.4 cm³/mol. The molecule has 1 aromatic carbocycles. The van der Waals surface area contributed by atoms with Crippen LogP contribution in [0.4, 0.5) is 18.9 Å². The zero-order valence-corrected chi connectivity index (χ0v) is 10.5. The Hall–Kier alpha value is -1.37. The molecule has 0 saturated heterocycles. The molecule has 0 aliphatic heterocycles. The normalized spacial score (nSPS) is 11.3. The van der Waals surface area contributed by atoms with Gasteiger partial charge in [-0.3, -0.25) is 4.79 Å². The summed E-state index contributed by atoms with van der Waals surface area (Å²) in [5, 5.41) is 2.41. The third kappa shape index (κ3) is 4.48. The lowest BCUT2D eigenvalue weighted by atomic mass is 10.1. The Labute approximate surface area is 107 Å². The van der Waals surface area contributed by atoms with E-state index in [0.717, 1.165) is 0 Å². The standard InChI is InChI=1S/C11H13F3N2OS/c1-7-3-2-4-8(15)9(7)10(17)16-5-6-18-11(12,13)14/h2-4H,5-6,15H2,1H3,(H,16,17). The van der Waals surface area contributed by atoms with Crippen molar-refractivity contribution in [3.8, 4) is 0 Å². The maximum atomic E-state index is 11.9. The van der Waals surface area contributed by atoms with Crippen LogP contribution in [0.3, 0.4) is 0 Å². The molecule has 18 heavy (non-hydrogen) atoms. The smallest absolute Gasteiger partial charge is 0.398 e. The molecule has 0 aliphatic carbocycles. The number of alkyl halides is 3. The first-order valence-corrected chi connectivity index (χ1v) is 6.14. The summed E-state index contributed by atoms with van der Waals surface area (Å²) in [7, 11) is 0. The average Bonchev–Trinajstić information content (AvgIpc) is 2.23. The number of nitrogens with two attached hydrogens (primary N) is 1. The summed E-state index contributed by atoms with van der Waals surface area (Å²) in [5.74, 6) is -0.672. The van der Waals surface area contributed by atoms with Gasteiger partial charge in [0.05, 0.1) is 5.56 Å². The van der Waals surface area contributed by atoms with Gasteiger partial charge in [-0.05, 0) is 30.3 Å². The summed E-state index contributed by atoms with van der Waals surface area (Å²) in [6, 6.07) is 5.00. The van der Waals surface area contributed by atoms with Crippen LogP contribution in [-0.4, -0.2) is 23.7 Å². The molecule has 3 N–H and O–H groups in total. The van der Waals surface area contributed by atoms with Gasteiger partial charge >= 0.3 is 5.51 Å². The molecule has 0 aliphatic rings. The average molecular weight is 278 g/mol. The summed E-state index contributed by atoms with van der Waals surface area (Å²) < 4.78 is 35.6. The fourth-order valence-corrected chi connectivity index (χ4v) is 1.86. The number of hydrogen-bond acceptors (Lipinski definition) is 3. The first kappa shape index (κ1) is 14.7. The Morgan fingerprint density at radius 1 is 1.44 bits per heavy atom. The molecule has 0 heterocycles. The number of anilines is 1. The third-order valence-corrected chi connectivity index (χ3v) is 2.92. The summed E-state index contributed by atoms with van der Waals surface area (Å²) in [4.78, 5) is 11.7. The van der Waals surface area contributed by atoms with Gasteiger partial charge in [0.2, 0.25) is 0 Å². The van der Waals surface area contributed by atoms with Crippen molar-refractivity contribution in [2.45, 2.75) is 12.4 Å². The van der Waals surface area contributed by atoms with Crippen molar-refractivity contribution in [2.24, 2.45) is 0 Å². The summed E-state index contributed by atoms with van der Waals surface area (Å²) in [5.41, 5.74) is 2.70. The summed E-state index contributed by atoms with van der Waals surface area (Å²) in [6.07, 6.45) is 0. The van der Waals surface area contributed by atoms with Crippen molar-refractivity contribution in [1.82, 2.24) is 5.32 Å². The largest absolute Gasteiger partial charge is 0.441 e. The maximum Gasteiger partial charge on any atom is 0.441 e. The molecular formula is C11H13F3N2OS. The van der Waals surface area contributed by atoms with E-state index in [1.165, 1.54) is 0 Å². The van der Waals surface area contributed by atoms with Crippen LogP contribution < -0.4 is 11.1 Å². The van der Waals surface area contributed by atoms with Gasteiger partial charge < -0.3 is 11.1 Å². The minimum absolute atomic E-state index is 0.0587. The third-order valence-electron chi connectivity index (χ3n) is 2.19. The predicted octanol–water partition coefficient (Wildman–Crippen LogP) is 2.56. The van der Waals surface area contributed by atoms with Crippen LogP contribution in [-0.2, 0) is 0 Å². The van der Waals surface area contributed by atoms with Crippen LogP contribution in [0.25, 0.3) is 0 Å². The molecule has 1 amide bonds. The number of hydrogen-bond donors (Lipinski definition) is 2. The van der Waals surface area contributed by atoms with Crippen LogP contribution in [0.1, 0.15) is 15.9 Å². The molecule has 0 radical (unpaired) electrons. The second-order valence-electron chi connectivity index (χ2n) is 3.59. The van der Waals surface area contributed by atoms with Crippen LogP contribution in [0.5, 0.6) is 0 Å². The first-order valence-electron chi connectivity index (χ1n) is 5.15. The SMILES string of the molecule is Cc1cccc(N)c1C(=O)NCCSC(F)(F)F. The van der Waals surface area contributed by atoms with E-state index in [0.29, 0.717) is 16.8 Å². The van der Waals surface area contributed by atoms with Crippen LogP contribution in [0, 0.1) is 6.92 Å². The zero-order chi connectivity index (χ0) is 13.8. The number of benzene rings is 1. The molecule has 7 heteroatoms. The second-order valence-corrected chi connectivity index (χ2v) is 4.75. The minimum atomic E-state index is -4.27. The van der Waals surface area contributed by atoms with Crippen molar-refractivity contribution in [2.75, 3.05) is 18.0 Å². The molecule has 3 nitrogen and oxygen atoms in total. The van der Waals surface area contributed by atoms with Gasteiger partial charge in [-0.2, -0.15) is 13.2 Å². The molecule has 100 valence electrons. The number of aryl methyl sites for hydroxylation is 1. The van der Waals surface area contributed by atoms with Crippen molar-refractivity contribution < 1.29 is 18.0 Å². The van der Waals surface area contributed by atoms with Gasteiger partial charge in [-0.25, -0.2) is 0 Å². The number of thioether (sulfide) groups is 1. The molecule has 0 fully saturated rings. The molecule has 1 aromatic rings. The quantitative estimate of drug-likeness (QED) is 0.657. The van der Waals surface area contributed by atoms with Crippen molar-refractivity contribution in [3.63, 3.8) is 0 Å². The van der Waals surface area contributed by atoms with Gasteiger partial charge in [0, 0.05) is 18.0 Å². The molecule has 0 unspecified atom stereocenters. The maximum absolute atomic E-state index is 11.9. The van der Waals surface area contributed by atoms with Crippen molar-refractivity contribution >= 4 is 23.4 Å². The van der Waals surface area contributed by atoms with Gasteiger partial charge in [0.1, 0.15) is 0 Å². The van der Waals surface area contributed by atoms with Crippen LogP contribution >= 0.6 is 11.8 Å². The number of carbonyl (C=O) groups is 1. The van der Waals surface area contributed by atoms with E-state index in [1.54, 1.807) is 25.1 Å². The number of nitrogen functional groups attached to an aromatic ring is 1. The van der Waals surface area contributed by atoms with E-state index < -0.39 is 11.4 Å². The van der Waals surface area contributed by atoms with E-state index in [4.69, 9.17) is 5.73 Å². The van der Waals surface area contributed by atoms with E-state index in [1.807, 2.05) is 0 Å². The summed E-state index contributed by atoms with van der Waals surface area (Å²) >= 11 is -0.167. The Morgan fingerprint density at radius 3 is 2.67 bits per heavy atom. The lowest BCUT2D eigenvalue weighted by Crippen LogP contribution is -2.28. The molecule has 1 rings (SSSR count). The number of nitrogens with one attached hydrogen (secondary N) is 1. The van der Waals surface area contributed by atoms with Crippen LogP contribution in [0.2, 0.25) is 0 Å². The Morgan fingerprint density at radius 2 is 2.11 bits per heavy atom. The van der Waals surface area contributed by atoms with Gasteiger partial charge in [-0.1, -0.05) is 12.1 Å². The number of rotatable bonds is 4. The van der Waals surface area contributed by atoms with Gasteiger partial charge in [-0.15, -0.1) is 0 Å². The van der Waals surface area contributed by atoms with E-state index in [2.05, 4.69) is 5.32 Å². The monoisotopic (exact) mass is 278 g/mol. The lowest BCUT2D eigenvalue weighted by molar-refractivity contribution is -0.0327. The first-order chi connectivity index (χ1) is 8.31. The molecule has 0 spiro atoms. The Kier molecular flexibility index (Phi) is 4.89. The topological polar surface area (TPSA) is 55.1 Å². The molecule has 0 bridgehead atoms. The zero-order valence-electron chi connectivity index (χ0n) is 9.67. The lowest BCUT2D eigenvalue weighted by Gasteiger charge is -2.10. The van der Waals surface area contributed by atoms with Crippen molar-refractivity contribution in [3.05, 3.63) is 29.3 Å². The summed E-state index contributed by atoms with van der Waals surface area (Å²) in [6.45, 7) is 1.66. The fourth-order valence-electron chi connectivity index (χ4n) is 1.42. The van der Waals surface area contributed by atoms with Gasteiger partial charge in [0.15, 0.2) is 0 Å². The van der Waals surface area contributed by atoms with E-state index in [-0.39, 0.29) is 24.1 Å². The Balaban J connectivity index is 2.51. The van der Waals surface area contributed by atoms with E-state index in [9.17, 15) is 18.0 Å². The Bertz CT molecular complexity index is 415. The van der Waals surface area contributed by atoms with E-state index >= 15 is 0 Å². The molecule has 0 aromatic heterocycles. The number of halogens is 3. The minimum Gasteiger partial charge on any atom is -0.398 e. The number of amides is 1. The molecule has 0 atom stereocenters. The van der Waals surface area contributed by atoms with Crippen molar-refractivity contribution in [1.29, 1.82) is 0 Å². The highest BCUT2D eigenvalue weighted by Gasteiger charge is 2.27. The second kappa shape index (κ2) is 5.99. The molecular weight excluding hydrogens is 265 g/mol. The molecule has 0 saturated carbocycles.